The molecule has 0 aliphatic heterocycles. The van der Waals surface area contributed by atoms with E-state index in [4.69, 9.17) is 0 Å². The summed E-state index contributed by atoms with van der Waals surface area (Å²) in [5.74, 6) is 0.193. The maximum atomic E-state index is 10.1. The Morgan fingerprint density at radius 1 is 1.31 bits per heavy atom. The molecule has 1 heterocycles. The van der Waals surface area contributed by atoms with Gasteiger partial charge in [0.25, 0.3) is 0 Å². The first-order valence-corrected chi connectivity index (χ1v) is 4.75. The van der Waals surface area contributed by atoms with Gasteiger partial charge in [0.05, 0.1) is 5.52 Å². The number of phenols is 1. The van der Waals surface area contributed by atoms with E-state index in [0.717, 1.165) is 16.5 Å². The lowest BCUT2D eigenvalue weighted by Crippen LogP contribution is -1.98. The van der Waals surface area contributed by atoms with Crippen LogP contribution >= 0.6 is 0 Å². The Labute approximate surface area is 92.2 Å². The number of hydrogen-bond acceptors (Lipinski definition) is 3. The monoisotopic (exact) mass is 214 g/mol. The number of rotatable bonds is 3. The lowest BCUT2D eigenvalue weighted by atomic mass is 10.1. The van der Waals surface area contributed by atoms with Gasteiger partial charge >= 0.3 is 0 Å². The number of nitrogens with one attached hydrogen (secondary N) is 1. The van der Waals surface area contributed by atoms with Gasteiger partial charge in [-0.05, 0) is 35.9 Å². The summed E-state index contributed by atoms with van der Waals surface area (Å²) in [7, 11) is 0. The third-order valence-corrected chi connectivity index (χ3v) is 2.19. The number of benzene rings is 1. The molecule has 4 heteroatoms. The van der Waals surface area contributed by atoms with Crippen molar-refractivity contribution in [1.29, 1.82) is 0 Å². The molecule has 0 fully saturated rings. The third kappa shape index (κ3) is 2.00. The minimum atomic E-state index is 0.193. The first kappa shape index (κ1) is 10.2. The van der Waals surface area contributed by atoms with Crippen LogP contribution in [-0.4, -0.2) is 16.5 Å². The van der Waals surface area contributed by atoms with E-state index in [-0.39, 0.29) is 5.75 Å². The van der Waals surface area contributed by atoms with Crippen LogP contribution in [0, 0.1) is 0 Å². The molecule has 0 spiro atoms. The molecule has 4 nitrogen and oxygen atoms in total. The molecule has 1 amide bonds. The second-order valence-electron chi connectivity index (χ2n) is 3.22. The van der Waals surface area contributed by atoms with Crippen molar-refractivity contribution in [3.8, 4) is 5.75 Å². The van der Waals surface area contributed by atoms with Gasteiger partial charge in [-0.3, -0.25) is 9.78 Å². The Kier molecular flexibility index (Phi) is 2.82. The van der Waals surface area contributed by atoms with Gasteiger partial charge in [0.15, 0.2) is 0 Å². The van der Waals surface area contributed by atoms with Gasteiger partial charge in [-0.1, -0.05) is 0 Å². The Hall–Kier alpha value is -2.36. The van der Waals surface area contributed by atoms with Gasteiger partial charge in [-0.2, -0.15) is 0 Å². The van der Waals surface area contributed by atoms with Crippen LogP contribution in [0.4, 0.5) is 0 Å². The number of carbonyl (C=O) groups excluding carboxylic acids is 1. The molecular weight excluding hydrogens is 204 g/mol. The van der Waals surface area contributed by atoms with Crippen molar-refractivity contribution < 1.29 is 9.90 Å². The molecule has 0 atom stereocenters. The number of phenolic OH excluding ortho intramolecular Hbond substituents is 1. The molecule has 1 aromatic carbocycles. The lowest BCUT2D eigenvalue weighted by Gasteiger charge is -2.01. The quantitative estimate of drug-likeness (QED) is 0.764. The van der Waals surface area contributed by atoms with Crippen molar-refractivity contribution >= 4 is 23.4 Å². The fourth-order valence-corrected chi connectivity index (χ4v) is 1.48. The molecule has 16 heavy (non-hydrogen) atoms. The predicted molar refractivity (Wildman–Crippen MR) is 61.6 cm³/mol. The highest BCUT2D eigenvalue weighted by molar-refractivity contribution is 5.88. The Morgan fingerprint density at radius 2 is 2.19 bits per heavy atom. The summed E-state index contributed by atoms with van der Waals surface area (Å²) >= 11 is 0. The number of hydrogen-bond donors (Lipinski definition) is 2. The van der Waals surface area contributed by atoms with E-state index < -0.39 is 0 Å². The molecule has 2 N–H and O–H groups in total. The number of aromatic nitrogens is 1. The lowest BCUT2D eigenvalue weighted by molar-refractivity contribution is -0.108. The maximum Gasteiger partial charge on any atom is 0.211 e. The summed E-state index contributed by atoms with van der Waals surface area (Å²) in [4.78, 5) is 14.3. The van der Waals surface area contributed by atoms with Crippen LogP contribution < -0.4 is 5.32 Å². The fourth-order valence-electron chi connectivity index (χ4n) is 1.48. The largest absolute Gasteiger partial charge is 0.508 e. The van der Waals surface area contributed by atoms with Gasteiger partial charge in [-0.15, -0.1) is 0 Å². The molecule has 0 saturated heterocycles. The molecule has 0 aliphatic carbocycles. The molecule has 1 aromatic heterocycles. The number of aromatic hydroxyl groups is 1. The van der Waals surface area contributed by atoms with E-state index >= 15 is 0 Å². The van der Waals surface area contributed by atoms with Crippen LogP contribution in [0.3, 0.4) is 0 Å². The van der Waals surface area contributed by atoms with E-state index in [1.807, 2.05) is 6.07 Å². The van der Waals surface area contributed by atoms with Crippen molar-refractivity contribution in [3.63, 3.8) is 0 Å². The van der Waals surface area contributed by atoms with Gasteiger partial charge in [0, 0.05) is 17.8 Å². The third-order valence-electron chi connectivity index (χ3n) is 2.19. The van der Waals surface area contributed by atoms with Gasteiger partial charge in [0.2, 0.25) is 6.41 Å². The number of fused-ring (bicyclic) bond motifs is 1. The van der Waals surface area contributed by atoms with Crippen molar-refractivity contribution in [1.82, 2.24) is 10.3 Å². The second kappa shape index (κ2) is 4.44. The zero-order valence-corrected chi connectivity index (χ0v) is 8.42. The van der Waals surface area contributed by atoms with E-state index in [0.29, 0.717) is 6.41 Å². The first-order valence-electron chi connectivity index (χ1n) is 4.75. The highest BCUT2D eigenvalue weighted by Crippen LogP contribution is 2.22. The minimum absolute atomic E-state index is 0.193. The van der Waals surface area contributed by atoms with Crippen molar-refractivity contribution in [2.45, 2.75) is 0 Å². The molecule has 80 valence electrons. The molecular formula is C12H10N2O2. The second-order valence-corrected chi connectivity index (χ2v) is 3.22. The maximum absolute atomic E-state index is 10.1. The summed E-state index contributed by atoms with van der Waals surface area (Å²) in [6, 6.07) is 6.79. The van der Waals surface area contributed by atoms with E-state index in [1.165, 1.54) is 6.20 Å². The topological polar surface area (TPSA) is 62.2 Å². The summed E-state index contributed by atoms with van der Waals surface area (Å²) in [6.07, 6.45) is 5.56. The summed E-state index contributed by atoms with van der Waals surface area (Å²) in [5, 5.41) is 12.7. The number of amides is 1. The number of carbonyl (C=O) groups is 1. The van der Waals surface area contributed by atoms with Crippen LogP contribution in [0.15, 0.2) is 36.7 Å². The van der Waals surface area contributed by atoms with Crippen LogP contribution in [0.1, 0.15) is 5.56 Å². The van der Waals surface area contributed by atoms with E-state index in [2.05, 4.69) is 10.3 Å². The van der Waals surface area contributed by atoms with Crippen molar-refractivity contribution in [2.75, 3.05) is 0 Å². The SMILES string of the molecule is O=CNC=Cc1ccnc2ccc(O)cc12. The molecule has 0 saturated carbocycles. The zero-order valence-electron chi connectivity index (χ0n) is 8.42. The zero-order chi connectivity index (χ0) is 11.4. The van der Waals surface area contributed by atoms with Gasteiger partial charge in [-0.25, -0.2) is 0 Å². The fraction of sp³-hybridized carbons (Fsp3) is 0. The summed E-state index contributed by atoms with van der Waals surface area (Å²) in [6.45, 7) is 0. The average molecular weight is 214 g/mol. The summed E-state index contributed by atoms with van der Waals surface area (Å²) in [5.41, 5.74) is 1.68. The Morgan fingerprint density at radius 3 is 3.00 bits per heavy atom. The molecule has 0 aliphatic rings. The van der Waals surface area contributed by atoms with Crippen LogP contribution in [0.2, 0.25) is 0 Å². The van der Waals surface area contributed by atoms with Crippen molar-refractivity contribution in [3.05, 3.63) is 42.2 Å². The Balaban J connectivity index is 2.51. The molecule has 0 bridgehead atoms. The van der Waals surface area contributed by atoms with Crippen LogP contribution in [0.25, 0.3) is 17.0 Å². The molecule has 2 aromatic rings. The van der Waals surface area contributed by atoms with Crippen molar-refractivity contribution in [2.24, 2.45) is 0 Å². The molecule has 2 rings (SSSR count). The molecule has 0 unspecified atom stereocenters. The standard InChI is InChI=1S/C12H10N2O2/c15-8-13-5-3-9-4-6-14-12-2-1-10(16)7-11(9)12/h1-8,16H,(H,13,15). The molecule has 0 radical (unpaired) electrons. The minimum Gasteiger partial charge on any atom is -0.508 e. The smallest absolute Gasteiger partial charge is 0.211 e. The first-order chi connectivity index (χ1) is 7.81. The summed E-state index contributed by atoms with van der Waals surface area (Å²) < 4.78 is 0. The number of nitrogens with zero attached hydrogens (tertiary/aromatic N) is 1. The van der Waals surface area contributed by atoms with Gasteiger partial charge in [0.1, 0.15) is 5.75 Å². The van der Waals surface area contributed by atoms with Gasteiger partial charge < -0.3 is 10.4 Å². The van der Waals surface area contributed by atoms with Crippen LogP contribution in [0.5, 0.6) is 5.75 Å². The Bertz CT molecular complexity index is 550. The van der Waals surface area contributed by atoms with E-state index in [1.54, 1.807) is 30.5 Å². The highest BCUT2D eigenvalue weighted by atomic mass is 16.3. The predicted octanol–water partition coefficient (Wildman–Crippen LogP) is 1.66. The van der Waals surface area contributed by atoms with Crippen LogP contribution in [-0.2, 0) is 4.79 Å². The normalized spacial score (nSPS) is 10.8. The highest BCUT2D eigenvalue weighted by Gasteiger charge is 1.99. The van der Waals surface area contributed by atoms with E-state index in [9.17, 15) is 9.90 Å². The number of pyridine rings is 1. The average Bonchev–Trinajstić information content (AvgIpc) is 2.30.